The molecule has 0 atom stereocenters. The van der Waals surface area contributed by atoms with E-state index in [4.69, 9.17) is 0 Å². The minimum absolute atomic E-state index is 0.0772. The molecule has 1 N–H and O–H groups in total. The van der Waals surface area contributed by atoms with Crippen molar-refractivity contribution in [3.05, 3.63) is 39.3 Å². The number of piperazine rings is 1. The Morgan fingerprint density at radius 2 is 1.85 bits per heavy atom. The largest absolute Gasteiger partial charge is 0.494 e. The van der Waals surface area contributed by atoms with Crippen LogP contribution in [0.4, 0.5) is 5.82 Å². The zero-order valence-corrected chi connectivity index (χ0v) is 16.1. The highest BCUT2D eigenvalue weighted by Gasteiger charge is 2.20. The van der Waals surface area contributed by atoms with Gasteiger partial charge in [0, 0.05) is 38.1 Å². The van der Waals surface area contributed by atoms with Crippen molar-refractivity contribution in [2.45, 2.75) is 19.4 Å². The molecule has 1 aliphatic heterocycles. The zero-order valence-electron chi connectivity index (χ0n) is 14.5. The van der Waals surface area contributed by atoms with Gasteiger partial charge in [-0.3, -0.25) is 14.3 Å². The van der Waals surface area contributed by atoms with Gasteiger partial charge in [0.25, 0.3) is 0 Å². The van der Waals surface area contributed by atoms with Gasteiger partial charge in [0.05, 0.1) is 10.1 Å². The van der Waals surface area contributed by atoms with Crippen molar-refractivity contribution in [2.75, 3.05) is 37.6 Å². The van der Waals surface area contributed by atoms with E-state index in [-0.39, 0.29) is 10.8 Å². The molecular weight excluding hydrogens is 368 g/mol. The summed E-state index contributed by atoms with van der Waals surface area (Å²) in [5.41, 5.74) is 0. The number of benzene rings is 1. The molecule has 0 spiro atoms. The van der Waals surface area contributed by atoms with E-state index in [1.165, 1.54) is 20.0 Å². The summed E-state index contributed by atoms with van der Waals surface area (Å²) in [5, 5.41) is 12.4. The highest BCUT2D eigenvalue weighted by molar-refractivity contribution is 7.13. The van der Waals surface area contributed by atoms with Crippen molar-refractivity contribution in [1.29, 1.82) is 0 Å². The molecule has 26 heavy (non-hydrogen) atoms. The number of anilines is 1. The Morgan fingerprint density at radius 3 is 2.62 bits per heavy atom. The maximum atomic E-state index is 11.6. The Morgan fingerprint density at radius 1 is 1.08 bits per heavy atom. The Balaban J connectivity index is 1.24. The van der Waals surface area contributed by atoms with Crippen molar-refractivity contribution in [1.82, 2.24) is 13.8 Å². The zero-order chi connectivity index (χ0) is 17.9. The molecule has 1 fully saturated rings. The van der Waals surface area contributed by atoms with E-state index < -0.39 is 0 Å². The lowest BCUT2D eigenvalue weighted by molar-refractivity contribution is 0.250. The second kappa shape index (κ2) is 7.77. The monoisotopic (exact) mass is 390 g/mol. The van der Waals surface area contributed by atoms with Crippen LogP contribution in [-0.2, 0) is 6.54 Å². The van der Waals surface area contributed by atoms with E-state index in [9.17, 15) is 9.90 Å². The molecule has 0 saturated carbocycles. The first-order chi connectivity index (χ1) is 12.7. The number of hydrogen-bond acceptors (Lipinski definition) is 7. The fourth-order valence-electron chi connectivity index (χ4n) is 3.42. The van der Waals surface area contributed by atoms with E-state index in [0.717, 1.165) is 62.7 Å². The number of aromatic hydroxyl groups is 1. The van der Waals surface area contributed by atoms with Crippen LogP contribution in [-0.4, -0.2) is 51.7 Å². The van der Waals surface area contributed by atoms with Gasteiger partial charge in [-0.05, 0) is 43.1 Å². The van der Waals surface area contributed by atoms with Gasteiger partial charge >= 0.3 is 4.87 Å². The number of thiazole rings is 1. The van der Waals surface area contributed by atoms with E-state index in [1.54, 1.807) is 11.5 Å². The molecule has 138 valence electrons. The molecule has 8 heteroatoms. The van der Waals surface area contributed by atoms with E-state index in [1.807, 2.05) is 0 Å². The smallest absolute Gasteiger partial charge is 0.309 e. The number of hydrogen-bond donors (Lipinski definition) is 1. The standard InChI is InChI=1S/C18H22N4O2S2/c23-16-13-25-18(24)22(16)8-4-3-7-20-9-11-21(12-10-20)17-14-5-1-2-6-15(14)26-19-17/h1-2,5-6,13,23H,3-4,7-12H2. The highest BCUT2D eigenvalue weighted by atomic mass is 32.1. The Kier molecular flexibility index (Phi) is 5.23. The minimum atomic E-state index is -0.0772. The van der Waals surface area contributed by atoms with E-state index >= 15 is 0 Å². The third-order valence-corrected chi connectivity index (χ3v) is 6.47. The van der Waals surface area contributed by atoms with Crippen LogP contribution in [0.1, 0.15) is 12.8 Å². The van der Waals surface area contributed by atoms with Crippen molar-refractivity contribution < 1.29 is 5.11 Å². The van der Waals surface area contributed by atoms with Crippen molar-refractivity contribution in [3.63, 3.8) is 0 Å². The van der Waals surface area contributed by atoms with Gasteiger partial charge in [-0.1, -0.05) is 23.5 Å². The van der Waals surface area contributed by atoms with Crippen LogP contribution >= 0.6 is 22.9 Å². The second-order valence-corrected chi connectivity index (χ2v) is 8.18. The summed E-state index contributed by atoms with van der Waals surface area (Å²) in [6.07, 6.45) is 1.93. The number of rotatable bonds is 6. The van der Waals surface area contributed by atoms with Crippen LogP contribution in [0.25, 0.3) is 10.1 Å². The summed E-state index contributed by atoms with van der Waals surface area (Å²) in [6.45, 7) is 5.70. The Labute approximate surface area is 160 Å². The minimum Gasteiger partial charge on any atom is -0.494 e. The van der Waals surface area contributed by atoms with Crippen molar-refractivity contribution in [3.8, 4) is 5.88 Å². The maximum absolute atomic E-state index is 11.6. The quantitative estimate of drug-likeness (QED) is 0.656. The van der Waals surface area contributed by atoms with Crippen molar-refractivity contribution in [2.24, 2.45) is 0 Å². The second-order valence-electron chi connectivity index (χ2n) is 6.55. The number of nitrogens with zero attached hydrogens (tertiary/aromatic N) is 4. The van der Waals surface area contributed by atoms with Crippen LogP contribution in [0.15, 0.2) is 34.4 Å². The molecule has 0 aliphatic carbocycles. The van der Waals surface area contributed by atoms with Gasteiger partial charge in [-0.25, -0.2) is 0 Å². The summed E-state index contributed by atoms with van der Waals surface area (Å²) in [7, 11) is 0. The molecule has 0 amide bonds. The van der Waals surface area contributed by atoms with Gasteiger partial charge in [0.1, 0.15) is 5.82 Å². The molecule has 2 aromatic heterocycles. The summed E-state index contributed by atoms with van der Waals surface area (Å²) in [4.78, 5) is 16.4. The third kappa shape index (κ3) is 3.62. The maximum Gasteiger partial charge on any atom is 0.309 e. The van der Waals surface area contributed by atoms with Crippen LogP contribution in [0.5, 0.6) is 5.88 Å². The number of fused-ring (bicyclic) bond motifs is 1. The lowest BCUT2D eigenvalue weighted by Crippen LogP contribution is -2.46. The highest BCUT2D eigenvalue weighted by Crippen LogP contribution is 2.29. The van der Waals surface area contributed by atoms with Gasteiger partial charge in [-0.15, -0.1) is 0 Å². The molecule has 0 unspecified atom stereocenters. The van der Waals surface area contributed by atoms with Crippen LogP contribution in [0.2, 0.25) is 0 Å². The molecule has 4 rings (SSSR count). The molecule has 0 bridgehead atoms. The topological polar surface area (TPSA) is 61.6 Å². The number of aromatic nitrogens is 2. The third-order valence-electron chi connectivity index (χ3n) is 4.90. The summed E-state index contributed by atoms with van der Waals surface area (Å²) >= 11 is 2.63. The Bertz CT molecular complexity index is 925. The fraction of sp³-hybridized carbons (Fsp3) is 0.444. The first kappa shape index (κ1) is 17.5. The molecule has 1 aromatic carbocycles. The lowest BCUT2D eigenvalue weighted by Gasteiger charge is -2.35. The van der Waals surface area contributed by atoms with E-state index in [0.29, 0.717) is 6.54 Å². The van der Waals surface area contributed by atoms with Gasteiger partial charge in [0.15, 0.2) is 0 Å². The predicted molar refractivity (Wildman–Crippen MR) is 108 cm³/mol. The molecule has 0 radical (unpaired) electrons. The summed E-state index contributed by atoms with van der Waals surface area (Å²) in [6, 6.07) is 8.42. The molecule has 1 aliphatic rings. The summed E-state index contributed by atoms with van der Waals surface area (Å²) < 4.78 is 7.36. The average Bonchev–Trinajstić information content (AvgIpc) is 3.23. The van der Waals surface area contributed by atoms with Crippen molar-refractivity contribution >= 4 is 38.8 Å². The average molecular weight is 391 g/mol. The number of unbranched alkanes of at least 4 members (excludes halogenated alkanes) is 1. The van der Waals surface area contributed by atoms with Crippen LogP contribution in [0, 0.1) is 0 Å². The van der Waals surface area contributed by atoms with Crippen LogP contribution < -0.4 is 9.77 Å². The Hall–Kier alpha value is -1.90. The van der Waals surface area contributed by atoms with Gasteiger partial charge in [0.2, 0.25) is 5.88 Å². The fourth-order valence-corrected chi connectivity index (χ4v) is 4.86. The van der Waals surface area contributed by atoms with E-state index in [2.05, 4.69) is 38.4 Å². The molecule has 3 aromatic rings. The van der Waals surface area contributed by atoms with Gasteiger partial charge < -0.3 is 10.0 Å². The first-order valence-corrected chi connectivity index (χ1v) is 10.6. The summed E-state index contributed by atoms with van der Waals surface area (Å²) in [5.74, 6) is 1.21. The molecule has 6 nitrogen and oxygen atoms in total. The molecular formula is C18H22N4O2S2. The normalized spacial score (nSPS) is 15.8. The SMILES string of the molecule is O=c1scc(O)n1CCCCN1CCN(c2nsc3ccccc23)CC1. The lowest BCUT2D eigenvalue weighted by atomic mass is 10.2. The predicted octanol–water partition coefficient (Wildman–Crippen LogP) is 2.83. The first-order valence-electron chi connectivity index (χ1n) is 8.91. The molecule has 3 heterocycles. The van der Waals surface area contributed by atoms with Crippen LogP contribution in [0.3, 0.4) is 0 Å². The van der Waals surface area contributed by atoms with Gasteiger partial charge in [-0.2, -0.15) is 4.37 Å². The molecule has 1 saturated heterocycles.